The summed E-state index contributed by atoms with van der Waals surface area (Å²) in [5.41, 5.74) is 1.08. The summed E-state index contributed by atoms with van der Waals surface area (Å²) in [7, 11) is 0. The quantitative estimate of drug-likeness (QED) is 0.120. The van der Waals surface area contributed by atoms with Crippen LogP contribution in [-0.2, 0) is 14.4 Å². The number of phenols is 1. The molecule has 1 N–H and O–H groups in total. The van der Waals surface area contributed by atoms with E-state index in [-0.39, 0.29) is 17.9 Å². The summed E-state index contributed by atoms with van der Waals surface area (Å²) in [6, 6.07) is 14.3. The highest BCUT2D eigenvalue weighted by atomic mass is 79.9. The minimum atomic E-state index is -0.834. The van der Waals surface area contributed by atoms with Crippen LogP contribution in [0.4, 0.5) is 0 Å². The third-order valence-electron chi connectivity index (χ3n) is 4.58. The molecule has 0 aromatic heterocycles. The number of carbonyl (C=O) groups is 2. The molecule has 3 aromatic rings. The highest BCUT2D eigenvalue weighted by molar-refractivity contribution is 9.11. The number of oxime groups is 1. The van der Waals surface area contributed by atoms with Crippen LogP contribution in [0.2, 0.25) is 5.02 Å². The van der Waals surface area contributed by atoms with Gasteiger partial charge in [0.05, 0.1) is 27.3 Å². The molecule has 0 aliphatic carbocycles. The molecular weight excluding hydrogens is 606 g/mol. The predicted octanol–water partition coefficient (Wildman–Crippen LogP) is 6.90. The Balaban J connectivity index is 1.78. The van der Waals surface area contributed by atoms with Crippen molar-refractivity contribution >= 4 is 61.4 Å². The number of nitrogens with zero attached hydrogens (tertiary/aromatic N) is 1. The van der Waals surface area contributed by atoms with E-state index in [9.17, 15) is 14.7 Å². The molecule has 0 saturated heterocycles. The van der Waals surface area contributed by atoms with Gasteiger partial charge in [-0.2, -0.15) is 0 Å². The second-order valence-electron chi connectivity index (χ2n) is 7.17. The second-order valence-corrected chi connectivity index (χ2v) is 9.31. The Morgan fingerprint density at radius 2 is 1.83 bits per heavy atom. The number of esters is 1. The normalized spacial score (nSPS) is 11.8. The van der Waals surface area contributed by atoms with Crippen molar-refractivity contribution in [3.8, 4) is 17.2 Å². The summed E-state index contributed by atoms with van der Waals surface area (Å²) in [4.78, 5) is 29.6. The molecule has 182 valence electrons. The molecule has 0 heterocycles. The van der Waals surface area contributed by atoms with E-state index in [0.29, 0.717) is 36.6 Å². The van der Waals surface area contributed by atoms with Gasteiger partial charge in [0.1, 0.15) is 11.5 Å². The number of halogens is 3. The number of rotatable bonds is 9. The van der Waals surface area contributed by atoms with Gasteiger partial charge in [-0.3, -0.25) is 4.79 Å². The summed E-state index contributed by atoms with van der Waals surface area (Å²) in [6.45, 7) is 3.51. The van der Waals surface area contributed by atoms with Gasteiger partial charge >= 0.3 is 5.97 Å². The molecule has 0 saturated carbocycles. The van der Waals surface area contributed by atoms with Gasteiger partial charge in [-0.25, -0.2) is 4.79 Å². The van der Waals surface area contributed by atoms with Gasteiger partial charge in [0.15, 0.2) is 11.5 Å². The summed E-state index contributed by atoms with van der Waals surface area (Å²) >= 11 is 12.9. The summed E-state index contributed by atoms with van der Waals surface area (Å²) < 4.78 is 12.0. The maximum atomic E-state index is 12.9. The first-order valence-corrected chi connectivity index (χ1v) is 12.3. The Bertz CT molecular complexity index is 1260. The Hall–Kier alpha value is -2.88. The van der Waals surface area contributed by atoms with E-state index in [1.807, 2.05) is 0 Å². The van der Waals surface area contributed by atoms with Crippen molar-refractivity contribution in [2.24, 2.45) is 5.16 Å². The van der Waals surface area contributed by atoms with Gasteiger partial charge in [0, 0.05) is 10.6 Å². The minimum absolute atomic E-state index is 0.0774. The van der Waals surface area contributed by atoms with Crippen LogP contribution in [0.5, 0.6) is 17.2 Å². The number of benzene rings is 3. The zero-order valence-electron chi connectivity index (χ0n) is 18.6. The minimum Gasteiger partial charge on any atom is -0.507 e. The lowest BCUT2D eigenvalue weighted by Gasteiger charge is -2.13. The molecule has 0 spiro atoms. The number of aromatic hydroxyl groups is 1. The van der Waals surface area contributed by atoms with Crippen molar-refractivity contribution in [1.29, 1.82) is 0 Å². The van der Waals surface area contributed by atoms with Crippen molar-refractivity contribution in [3.05, 3.63) is 85.3 Å². The average Bonchev–Trinajstić information content (AvgIpc) is 2.82. The molecule has 1 atom stereocenters. The fourth-order valence-electron chi connectivity index (χ4n) is 2.90. The van der Waals surface area contributed by atoms with E-state index in [0.717, 1.165) is 0 Å². The fraction of sp³-hybridized carbons (Fsp3) is 0.160. The molecule has 10 heteroatoms. The van der Waals surface area contributed by atoms with Crippen molar-refractivity contribution in [3.63, 3.8) is 0 Å². The molecule has 0 fully saturated rings. The smallest absolute Gasteiger partial charge is 0.349 e. The third kappa shape index (κ3) is 7.06. The molecular formula is C25H20Br2ClNO6. The SMILES string of the molecule is CCOC(=O)C(C)O/N=C\c1cc(Br)c(Oc2ccc(O)c(C(=O)c3cccc(Cl)c3)c2)c(Br)c1. The third-order valence-corrected chi connectivity index (χ3v) is 5.99. The standard InChI is InChI=1S/C25H20Br2ClNO6/c1-3-33-25(32)14(2)35-29-13-15-9-20(26)24(21(27)10-15)34-18-7-8-22(30)19(12-18)23(31)16-5-4-6-17(28)11-16/h4-14,30H,3H2,1-2H3/b29-13-. The maximum absolute atomic E-state index is 12.9. The molecule has 3 aromatic carbocycles. The second kappa shape index (κ2) is 12.2. The monoisotopic (exact) mass is 623 g/mol. The number of ketones is 1. The van der Waals surface area contributed by atoms with E-state index in [1.165, 1.54) is 24.4 Å². The largest absolute Gasteiger partial charge is 0.507 e. The lowest BCUT2D eigenvalue weighted by atomic mass is 10.0. The molecule has 0 aliphatic rings. The molecule has 7 nitrogen and oxygen atoms in total. The predicted molar refractivity (Wildman–Crippen MR) is 140 cm³/mol. The van der Waals surface area contributed by atoms with Gasteiger partial charge in [-0.1, -0.05) is 28.9 Å². The average molecular weight is 626 g/mol. The Kier molecular flexibility index (Phi) is 9.31. The Labute approximate surface area is 223 Å². The van der Waals surface area contributed by atoms with E-state index in [1.54, 1.807) is 50.2 Å². The van der Waals surface area contributed by atoms with Gasteiger partial charge in [0.2, 0.25) is 6.10 Å². The number of phenolic OH excluding ortho intramolecular Hbond substituents is 1. The van der Waals surface area contributed by atoms with Gasteiger partial charge in [-0.15, -0.1) is 0 Å². The van der Waals surface area contributed by atoms with Crippen molar-refractivity contribution in [1.82, 2.24) is 0 Å². The van der Waals surface area contributed by atoms with Crippen molar-refractivity contribution in [2.75, 3.05) is 6.61 Å². The zero-order chi connectivity index (χ0) is 25.5. The first-order chi connectivity index (χ1) is 16.7. The molecule has 3 rings (SSSR count). The zero-order valence-corrected chi connectivity index (χ0v) is 22.6. The summed E-state index contributed by atoms with van der Waals surface area (Å²) in [5, 5.41) is 14.5. The summed E-state index contributed by atoms with van der Waals surface area (Å²) in [5.74, 6) is -0.295. The topological polar surface area (TPSA) is 94.4 Å². The van der Waals surface area contributed by atoms with Gasteiger partial charge in [-0.05, 0) is 93.7 Å². The van der Waals surface area contributed by atoms with Crippen LogP contribution in [-0.4, -0.2) is 35.8 Å². The molecule has 0 bridgehead atoms. The van der Waals surface area contributed by atoms with E-state index >= 15 is 0 Å². The van der Waals surface area contributed by atoms with Crippen LogP contribution in [0.15, 0.2) is 68.7 Å². The van der Waals surface area contributed by atoms with E-state index < -0.39 is 17.9 Å². The highest BCUT2D eigenvalue weighted by Gasteiger charge is 2.17. The Morgan fingerprint density at radius 3 is 2.49 bits per heavy atom. The van der Waals surface area contributed by atoms with Crippen molar-refractivity contribution < 1.29 is 29.0 Å². The van der Waals surface area contributed by atoms with Crippen LogP contribution in [0.3, 0.4) is 0 Å². The lowest BCUT2D eigenvalue weighted by Crippen LogP contribution is -2.21. The lowest BCUT2D eigenvalue weighted by molar-refractivity contribution is -0.155. The van der Waals surface area contributed by atoms with Crippen LogP contribution >= 0.6 is 43.5 Å². The first kappa shape index (κ1) is 26.7. The molecule has 0 amide bonds. The van der Waals surface area contributed by atoms with Crippen LogP contribution < -0.4 is 4.74 Å². The fourth-order valence-corrected chi connectivity index (χ4v) is 4.47. The molecule has 0 radical (unpaired) electrons. The Morgan fingerprint density at radius 1 is 1.11 bits per heavy atom. The van der Waals surface area contributed by atoms with Crippen LogP contribution in [0.25, 0.3) is 0 Å². The summed E-state index contributed by atoms with van der Waals surface area (Å²) in [6.07, 6.45) is 0.608. The van der Waals surface area contributed by atoms with E-state index in [4.69, 9.17) is 25.9 Å². The highest BCUT2D eigenvalue weighted by Crippen LogP contribution is 2.38. The number of hydrogen-bond acceptors (Lipinski definition) is 7. The van der Waals surface area contributed by atoms with Crippen LogP contribution in [0.1, 0.15) is 35.3 Å². The maximum Gasteiger partial charge on any atom is 0.349 e. The molecule has 1 unspecified atom stereocenters. The molecule has 0 aliphatic heterocycles. The van der Waals surface area contributed by atoms with E-state index in [2.05, 4.69) is 37.0 Å². The number of ether oxygens (including phenoxy) is 2. The van der Waals surface area contributed by atoms with Gasteiger partial charge in [0.25, 0.3) is 0 Å². The number of hydrogen-bond donors (Lipinski definition) is 1. The first-order valence-electron chi connectivity index (χ1n) is 10.4. The number of carbonyl (C=O) groups excluding carboxylic acids is 2. The van der Waals surface area contributed by atoms with Crippen LogP contribution in [0, 0.1) is 0 Å². The van der Waals surface area contributed by atoms with Gasteiger partial charge < -0.3 is 19.4 Å². The van der Waals surface area contributed by atoms with Crippen molar-refractivity contribution in [2.45, 2.75) is 20.0 Å². The molecule has 35 heavy (non-hydrogen) atoms.